The van der Waals surface area contributed by atoms with Crippen molar-refractivity contribution in [3.8, 4) is 0 Å². The van der Waals surface area contributed by atoms with Gasteiger partial charge in [0.1, 0.15) is 0 Å². The Morgan fingerprint density at radius 1 is 1.42 bits per heavy atom. The molecule has 0 aromatic rings. The van der Waals surface area contributed by atoms with Crippen molar-refractivity contribution in [2.24, 2.45) is 0 Å². The standard InChI is InChI=1S/C11H20O/c1-3-6-10(2)9-11(12)7-4-5-8-11/h9,12H,3-8H2,1-2H3. The second kappa shape index (κ2) is 4.08. The van der Waals surface area contributed by atoms with E-state index >= 15 is 0 Å². The van der Waals surface area contributed by atoms with Crippen LogP contribution in [0.5, 0.6) is 0 Å². The van der Waals surface area contributed by atoms with E-state index in [0.29, 0.717) is 0 Å². The van der Waals surface area contributed by atoms with Crippen LogP contribution in [0.1, 0.15) is 52.4 Å². The molecule has 0 bridgehead atoms. The molecule has 1 aliphatic carbocycles. The fourth-order valence-electron chi connectivity index (χ4n) is 2.06. The van der Waals surface area contributed by atoms with Crippen molar-refractivity contribution in [3.63, 3.8) is 0 Å². The predicted octanol–water partition coefficient (Wildman–Crippen LogP) is 3.04. The van der Waals surface area contributed by atoms with Crippen LogP contribution in [0.15, 0.2) is 11.6 Å². The largest absolute Gasteiger partial charge is 0.386 e. The molecule has 0 heterocycles. The Morgan fingerprint density at radius 2 is 2.00 bits per heavy atom. The molecule has 0 aromatic carbocycles. The van der Waals surface area contributed by atoms with Crippen molar-refractivity contribution in [2.45, 2.75) is 58.0 Å². The summed E-state index contributed by atoms with van der Waals surface area (Å²) in [5.41, 5.74) is 0.904. The summed E-state index contributed by atoms with van der Waals surface area (Å²) in [7, 11) is 0. The molecule has 1 rings (SSSR count). The molecule has 0 unspecified atom stereocenters. The van der Waals surface area contributed by atoms with Crippen LogP contribution in [0, 0.1) is 0 Å². The highest BCUT2D eigenvalue weighted by molar-refractivity contribution is 5.10. The summed E-state index contributed by atoms with van der Waals surface area (Å²) in [6, 6.07) is 0. The summed E-state index contributed by atoms with van der Waals surface area (Å²) in [4.78, 5) is 0. The van der Waals surface area contributed by atoms with Crippen LogP contribution in [0.3, 0.4) is 0 Å². The molecule has 1 heteroatoms. The van der Waals surface area contributed by atoms with Gasteiger partial charge < -0.3 is 5.11 Å². The Kier molecular flexibility index (Phi) is 3.33. The van der Waals surface area contributed by atoms with Gasteiger partial charge in [-0.15, -0.1) is 0 Å². The lowest BCUT2D eigenvalue weighted by Crippen LogP contribution is -2.20. The van der Waals surface area contributed by atoms with Crippen molar-refractivity contribution in [2.75, 3.05) is 0 Å². The highest BCUT2D eigenvalue weighted by Crippen LogP contribution is 2.31. The average molecular weight is 168 g/mol. The zero-order valence-corrected chi connectivity index (χ0v) is 8.27. The van der Waals surface area contributed by atoms with Crippen LogP contribution in [-0.4, -0.2) is 10.7 Å². The van der Waals surface area contributed by atoms with Gasteiger partial charge in [0.25, 0.3) is 0 Å². The van der Waals surface area contributed by atoms with Crippen molar-refractivity contribution < 1.29 is 5.11 Å². The third-order valence-electron chi connectivity index (χ3n) is 2.63. The summed E-state index contributed by atoms with van der Waals surface area (Å²) in [5, 5.41) is 10.0. The second-order valence-electron chi connectivity index (χ2n) is 4.05. The first-order valence-electron chi connectivity index (χ1n) is 5.07. The predicted molar refractivity (Wildman–Crippen MR) is 52.1 cm³/mol. The highest BCUT2D eigenvalue weighted by atomic mass is 16.3. The van der Waals surface area contributed by atoms with E-state index in [1.165, 1.54) is 24.8 Å². The van der Waals surface area contributed by atoms with E-state index in [9.17, 15) is 5.11 Å². The Balaban J connectivity index is 2.51. The van der Waals surface area contributed by atoms with Crippen molar-refractivity contribution in [1.29, 1.82) is 0 Å². The van der Waals surface area contributed by atoms with Gasteiger partial charge in [-0.25, -0.2) is 0 Å². The molecule has 12 heavy (non-hydrogen) atoms. The normalized spacial score (nSPS) is 23.1. The number of hydrogen-bond acceptors (Lipinski definition) is 1. The Morgan fingerprint density at radius 3 is 2.50 bits per heavy atom. The first-order chi connectivity index (χ1) is 5.66. The molecule has 0 aromatic heterocycles. The van der Waals surface area contributed by atoms with Gasteiger partial charge in [-0.2, -0.15) is 0 Å². The molecule has 0 amide bonds. The third-order valence-corrected chi connectivity index (χ3v) is 2.63. The fourth-order valence-corrected chi connectivity index (χ4v) is 2.06. The Bertz CT molecular complexity index is 164. The molecule has 70 valence electrons. The first-order valence-corrected chi connectivity index (χ1v) is 5.07. The van der Waals surface area contributed by atoms with E-state index < -0.39 is 5.60 Å². The lowest BCUT2D eigenvalue weighted by molar-refractivity contribution is 0.0982. The van der Waals surface area contributed by atoms with Crippen molar-refractivity contribution in [3.05, 3.63) is 11.6 Å². The molecule has 1 N–H and O–H groups in total. The maximum atomic E-state index is 10.0. The monoisotopic (exact) mass is 168 g/mol. The van der Waals surface area contributed by atoms with Crippen molar-refractivity contribution in [1.82, 2.24) is 0 Å². The lowest BCUT2D eigenvalue weighted by atomic mass is 9.98. The molecule has 1 saturated carbocycles. The van der Waals surface area contributed by atoms with E-state index in [2.05, 4.69) is 19.9 Å². The number of hydrogen-bond donors (Lipinski definition) is 1. The zero-order valence-electron chi connectivity index (χ0n) is 8.27. The first kappa shape index (κ1) is 9.79. The molecule has 0 aliphatic heterocycles. The third kappa shape index (κ3) is 2.63. The highest BCUT2D eigenvalue weighted by Gasteiger charge is 2.28. The van der Waals surface area contributed by atoms with Gasteiger partial charge >= 0.3 is 0 Å². The number of allylic oxidation sites excluding steroid dienone is 1. The minimum atomic E-state index is -0.445. The van der Waals surface area contributed by atoms with E-state index in [1.807, 2.05) is 0 Å². The van der Waals surface area contributed by atoms with Gasteiger partial charge in [-0.1, -0.05) is 37.8 Å². The molecule has 0 spiro atoms. The van der Waals surface area contributed by atoms with Crippen LogP contribution in [-0.2, 0) is 0 Å². The Labute approximate surface area is 75.5 Å². The van der Waals surface area contributed by atoms with Gasteiger partial charge in [0, 0.05) is 0 Å². The van der Waals surface area contributed by atoms with E-state index in [1.54, 1.807) is 0 Å². The van der Waals surface area contributed by atoms with Crippen LogP contribution in [0.4, 0.5) is 0 Å². The van der Waals surface area contributed by atoms with Crippen LogP contribution in [0.25, 0.3) is 0 Å². The summed E-state index contributed by atoms with van der Waals surface area (Å²) < 4.78 is 0. The lowest BCUT2D eigenvalue weighted by Gasteiger charge is -2.18. The molecule has 1 nitrogen and oxygen atoms in total. The summed E-state index contributed by atoms with van der Waals surface area (Å²) in [6.07, 6.45) is 8.70. The van der Waals surface area contributed by atoms with Gasteiger partial charge in [-0.3, -0.25) is 0 Å². The quantitative estimate of drug-likeness (QED) is 0.642. The van der Waals surface area contributed by atoms with Crippen LogP contribution < -0.4 is 0 Å². The van der Waals surface area contributed by atoms with Crippen LogP contribution >= 0.6 is 0 Å². The van der Waals surface area contributed by atoms with Crippen LogP contribution in [0.2, 0.25) is 0 Å². The SMILES string of the molecule is CCCC(C)=CC1(O)CCCC1. The summed E-state index contributed by atoms with van der Waals surface area (Å²) in [5.74, 6) is 0. The minimum Gasteiger partial charge on any atom is -0.386 e. The Hall–Kier alpha value is -0.300. The number of aliphatic hydroxyl groups is 1. The maximum Gasteiger partial charge on any atom is 0.0830 e. The molecule has 1 fully saturated rings. The molecule has 0 atom stereocenters. The van der Waals surface area contributed by atoms with Crippen molar-refractivity contribution >= 4 is 0 Å². The smallest absolute Gasteiger partial charge is 0.0830 e. The maximum absolute atomic E-state index is 10.0. The molecular weight excluding hydrogens is 148 g/mol. The molecule has 0 radical (unpaired) electrons. The van der Waals surface area contributed by atoms with E-state index in [0.717, 1.165) is 19.3 Å². The molecule has 1 aliphatic rings. The minimum absolute atomic E-state index is 0.445. The number of rotatable bonds is 3. The van der Waals surface area contributed by atoms with Gasteiger partial charge in [0.15, 0.2) is 0 Å². The van der Waals surface area contributed by atoms with Gasteiger partial charge in [0.2, 0.25) is 0 Å². The van der Waals surface area contributed by atoms with Gasteiger partial charge in [-0.05, 0) is 26.2 Å². The topological polar surface area (TPSA) is 20.2 Å². The summed E-state index contributed by atoms with van der Waals surface area (Å²) >= 11 is 0. The van der Waals surface area contributed by atoms with E-state index in [-0.39, 0.29) is 0 Å². The van der Waals surface area contributed by atoms with Gasteiger partial charge in [0.05, 0.1) is 5.60 Å². The zero-order chi connectivity index (χ0) is 9.03. The molecule has 0 saturated heterocycles. The average Bonchev–Trinajstić information content (AvgIpc) is 2.36. The summed E-state index contributed by atoms with van der Waals surface area (Å²) in [6.45, 7) is 4.30. The van der Waals surface area contributed by atoms with E-state index in [4.69, 9.17) is 0 Å². The fraction of sp³-hybridized carbons (Fsp3) is 0.818. The molecular formula is C11H20O. The second-order valence-corrected chi connectivity index (χ2v) is 4.05.